The second kappa shape index (κ2) is 5.61. The zero-order valence-electron chi connectivity index (χ0n) is 12.5. The average Bonchev–Trinajstić information content (AvgIpc) is 2.62. The number of rotatable bonds is 3. The number of carbonyl (C=O) groups is 1. The van der Waals surface area contributed by atoms with E-state index in [9.17, 15) is 4.79 Å². The van der Waals surface area contributed by atoms with Crippen LogP contribution in [0.5, 0.6) is 0 Å². The molecule has 0 aliphatic carbocycles. The molecule has 0 saturated heterocycles. The van der Waals surface area contributed by atoms with Gasteiger partial charge in [0.2, 0.25) is 17.8 Å². The van der Waals surface area contributed by atoms with Crippen molar-refractivity contribution in [1.82, 2.24) is 4.98 Å². The van der Waals surface area contributed by atoms with E-state index in [0.29, 0.717) is 6.54 Å². The second-order valence-corrected chi connectivity index (χ2v) is 5.50. The molecule has 2 heterocycles. The normalized spacial score (nSPS) is 11.0. The van der Waals surface area contributed by atoms with Gasteiger partial charge in [0, 0.05) is 29.3 Å². The first-order valence-electron chi connectivity index (χ1n) is 7.57. The summed E-state index contributed by atoms with van der Waals surface area (Å²) in [5.74, 6) is 0.101. The molecule has 0 atom stereocenters. The van der Waals surface area contributed by atoms with Crippen molar-refractivity contribution in [2.24, 2.45) is 0 Å². The molecule has 0 aliphatic rings. The number of aromatic nitrogens is 2. The molecule has 0 N–H and O–H groups in total. The van der Waals surface area contributed by atoms with Crippen LogP contribution < -0.4 is 4.57 Å². The van der Waals surface area contributed by atoms with Gasteiger partial charge in [0.25, 0.3) is 0 Å². The topological polar surface area (TPSA) is 33.8 Å². The first-order valence-corrected chi connectivity index (χ1v) is 7.57. The van der Waals surface area contributed by atoms with Crippen LogP contribution in [0.1, 0.15) is 10.4 Å². The van der Waals surface area contributed by atoms with Crippen LogP contribution in [0.4, 0.5) is 0 Å². The highest BCUT2D eigenvalue weighted by Crippen LogP contribution is 2.20. The molecule has 110 valence electrons. The minimum Gasteiger partial charge on any atom is -0.287 e. The van der Waals surface area contributed by atoms with Gasteiger partial charge in [-0.1, -0.05) is 36.4 Å². The van der Waals surface area contributed by atoms with Crippen molar-refractivity contribution in [2.45, 2.75) is 6.54 Å². The van der Waals surface area contributed by atoms with Crippen LogP contribution in [0.15, 0.2) is 79.1 Å². The molecule has 0 amide bonds. The van der Waals surface area contributed by atoms with Crippen molar-refractivity contribution < 1.29 is 9.36 Å². The number of carbonyl (C=O) groups excluding carboxylic acids is 1. The number of nitrogens with zero attached hydrogens (tertiary/aromatic N) is 2. The monoisotopic (exact) mass is 299 g/mol. The molecule has 0 radical (unpaired) electrons. The van der Waals surface area contributed by atoms with Crippen LogP contribution in [0.2, 0.25) is 0 Å². The van der Waals surface area contributed by atoms with E-state index in [2.05, 4.69) is 11.1 Å². The van der Waals surface area contributed by atoms with E-state index >= 15 is 0 Å². The molecule has 0 unspecified atom stereocenters. The van der Waals surface area contributed by atoms with E-state index in [1.165, 1.54) is 0 Å². The van der Waals surface area contributed by atoms with Crippen LogP contribution in [-0.4, -0.2) is 10.8 Å². The molecule has 0 bridgehead atoms. The van der Waals surface area contributed by atoms with Gasteiger partial charge in [0.05, 0.1) is 10.9 Å². The Labute approximate surface area is 133 Å². The molecule has 0 fully saturated rings. The van der Waals surface area contributed by atoms with Crippen molar-refractivity contribution >= 4 is 27.6 Å². The SMILES string of the molecule is O=C(C[n+]1cccc2c3ncccc3ccc21)c1ccccc1. The number of Topliss-reactive ketones (excluding diaryl/α,β-unsaturated/α-hetero) is 1. The third-order valence-electron chi connectivity index (χ3n) is 4.04. The molecule has 2 aromatic carbocycles. The zero-order chi connectivity index (χ0) is 15.6. The van der Waals surface area contributed by atoms with Crippen LogP contribution in [0.25, 0.3) is 21.8 Å². The van der Waals surface area contributed by atoms with Gasteiger partial charge < -0.3 is 0 Å². The van der Waals surface area contributed by atoms with Gasteiger partial charge in [0.15, 0.2) is 6.20 Å². The Hall–Kier alpha value is -3.07. The maximum atomic E-state index is 12.5. The summed E-state index contributed by atoms with van der Waals surface area (Å²) in [4.78, 5) is 17.0. The Morgan fingerprint density at radius 2 is 1.78 bits per heavy atom. The summed E-state index contributed by atoms with van der Waals surface area (Å²) in [5, 5.41) is 2.17. The number of pyridine rings is 2. The number of ketones is 1. The molecule has 4 rings (SSSR count). The van der Waals surface area contributed by atoms with Crippen LogP contribution in [-0.2, 0) is 6.54 Å². The predicted molar refractivity (Wildman–Crippen MR) is 90.2 cm³/mol. The lowest BCUT2D eigenvalue weighted by molar-refractivity contribution is -0.657. The molecular weight excluding hydrogens is 284 g/mol. The lowest BCUT2D eigenvalue weighted by atomic mass is 10.1. The van der Waals surface area contributed by atoms with Crippen molar-refractivity contribution in [1.29, 1.82) is 0 Å². The summed E-state index contributed by atoms with van der Waals surface area (Å²) in [7, 11) is 0. The maximum Gasteiger partial charge on any atom is 0.227 e. The van der Waals surface area contributed by atoms with Gasteiger partial charge >= 0.3 is 0 Å². The van der Waals surface area contributed by atoms with Crippen molar-refractivity contribution in [2.75, 3.05) is 0 Å². The highest BCUT2D eigenvalue weighted by atomic mass is 16.1. The Kier molecular flexibility index (Phi) is 3.31. The Balaban J connectivity index is 1.82. The molecule has 23 heavy (non-hydrogen) atoms. The Morgan fingerprint density at radius 3 is 2.65 bits per heavy atom. The largest absolute Gasteiger partial charge is 0.287 e. The number of hydrogen-bond donors (Lipinski definition) is 0. The number of fused-ring (bicyclic) bond motifs is 3. The highest BCUT2D eigenvalue weighted by Gasteiger charge is 2.16. The van der Waals surface area contributed by atoms with E-state index < -0.39 is 0 Å². The molecule has 3 heteroatoms. The van der Waals surface area contributed by atoms with Gasteiger partial charge in [-0.2, -0.15) is 4.57 Å². The molecule has 0 spiro atoms. The summed E-state index contributed by atoms with van der Waals surface area (Å²) >= 11 is 0. The van der Waals surface area contributed by atoms with E-state index in [0.717, 1.165) is 27.4 Å². The fourth-order valence-electron chi connectivity index (χ4n) is 2.90. The van der Waals surface area contributed by atoms with Gasteiger partial charge in [-0.05, 0) is 18.2 Å². The van der Waals surface area contributed by atoms with Gasteiger partial charge in [-0.3, -0.25) is 9.78 Å². The second-order valence-electron chi connectivity index (χ2n) is 5.50. The lowest BCUT2D eigenvalue weighted by Crippen LogP contribution is -2.38. The standard InChI is InChI=1S/C20H15N2O/c23-19(15-6-2-1-3-7-15)14-22-13-5-9-17-18(22)11-10-16-8-4-12-21-20(16)17/h1-13H,14H2/q+1. The van der Waals surface area contributed by atoms with Crippen molar-refractivity contribution in [3.63, 3.8) is 0 Å². The Morgan fingerprint density at radius 1 is 0.913 bits per heavy atom. The molecule has 2 aromatic heterocycles. The number of benzene rings is 2. The van der Waals surface area contributed by atoms with Crippen molar-refractivity contribution in [3.8, 4) is 0 Å². The van der Waals surface area contributed by atoms with Gasteiger partial charge in [-0.25, -0.2) is 0 Å². The third kappa shape index (κ3) is 2.46. The minimum absolute atomic E-state index is 0.101. The summed E-state index contributed by atoms with van der Waals surface area (Å²) in [6.45, 7) is 0.319. The van der Waals surface area contributed by atoms with E-state index in [1.807, 2.05) is 71.4 Å². The van der Waals surface area contributed by atoms with Crippen LogP contribution in [0, 0.1) is 0 Å². The fourth-order valence-corrected chi connectivity index (χ4v) is 2.90. The fraction of sp³-hybridized carbons (Fsp3) is 0.0500. The summed E-state index contributed by atoms with van der Waals surface area (Å²) < 4.78 is 1.98. The molecule has 3 nitrogen and oxygen atoms in total. The zero-order valence-corrected chi connectivity index (χ0v) is 12.5. The van der Waals surface area contributed by atoms with Gasteiger partial charge in [0.1, 0.15) is 0 Å². The summed E-state index contributed by atoms with van der Waals surface area (Å²) in [5.41, 5.74) is 2.71. The molecular formula is C20H15N2O+. The van der Waals surface area contributed by atoms with Crippen LogP contribution in [0.3, 0.4) is 0 Å². The van der Waals surface area contributed by atoms with E-state index in [4.69, 9.17) is 0 Å². The lowest BCUT2D eigenvalue weighted by Gasteiger charge is -2.04. The molecule has 4 aromatic rings. The average molecular weight is 299 g/mol. The van der Waals surface area contributed by atoms with E-state index in [-0.39, 0.29) is 5.78 Å². The summed E-state index contributed by atoms with van der Waals surface area (Å²) in [6, 6.07) is 21.5. The maximum absolute atomic E-state index is 12.5. The minimum atomic E-state index is 0.101. The summed E-state index contributed by atoms with van der Waals surface area (Å²) in [6.07, 6.45) is 3.74. The molecule has 0 saturated carbocycles. The van der Waals surface area contributed by atoms with Crippen molar-refractivity contribution in [3.05, 3.63) is 84.7 Å². The first kappa shape index (κ1) is 13.6. The van der Waals surface area contributed by atoms with E-state index in [1.54, 1.807) is 6.20 Å². The smallest absolute Gasteiger partial charge is 0.227 e. The predicted octanol–water partition coefficient (Wildman–Crippen LogP) is 3.56. The Bertz CT molecular complexity index is 1010. The van der Waals surface area contributed by atoms with Gasteiger partial charge in [-0.15, -0.1) is 0 Å². The quantitative estimate of drug-likeness (QED) is 0.329. The first-order chi connectivity index (χ1) is 11.3. The molecule has 0 aliphatic heterocycles. The number of hydrogen-bond acceptors (Lipinski definition) is 2. The van der Waals surface area contributed by atoms with Crippen LogP contribution >= 0.6 is 0 Å². The highest BCUT2D eigenvalue weighted by molar-refractivity contribution is 6.02. The third-order valence-corrected chi connectivity index (χ3v) is 4.04.